The Morgan fingerprint density at radius 3 is 2.50 bits per heavy atom. The van der Waals surface area contributed by atoms with E-state index in [9.17, 15) is 10.0 Å². The zero-order valence-corrected chi connectivity index (χ0v) is 8.92. The predicted octanol–water partition coefficient (Wildman–Crippen LogP) is 2.08. The van der Waals surface area contributed by atoms with Crippen LogP contribution in [0.1, 0.15) is 17.3 Å². The molecule has 80 valence electrons. The number of hydrogen-bond donors (Lipinski definition) is 1. The summed E-state index contributed by atoms with van der Waals surface area (Å²) in [6.45, 7) is 1.51. The van der Waals surface area contributed by atoms with E-state index in [0.717, 1.165) is 10.3 Å². The van der Waals surface area contributed by atoms with E-state index in [-0.39, 0.29) is 5.78 Å². The Morgan fingerprint density at radius 2 is 1.88 bits per heavy atom. The predicted molar refractivity (Wildman–Crippen MR) is 59.3 cm³/mol. The number of carbonyl (C=O) groups excluding carboxylic acids is 1. The minimum absolute atomic E-state index is 0.0159. The van der Waals surface area contributed by atoms with Crippen molar-refractivity contribution in [2.24, 2.45) is 0 Å². The highest BCUT2D eigenvalue weighted by molar-refractivity contribution is 5.94. The summed E-state index contributed by atoms with van der Waals surface area (Å²) in [4.78, 5) is 11.2. The highest BCUT2D eigenvalue weighted by atomic mass is 16.5. The van der Waals surface area contributed by atoms with Gasteiger partial charge in [-0.15, -0.1) is 0 Å². The summed E-state index contributed by atoms with van der Waals surface area (Å²) < 4.78 is 1.02. The lowest BCUT2D eigenvalue weighted by Crippen LogP contribution is -2.32. The second-order valence-corrected chi connectivity index (χ2v) is 3.57. The average Bonchev–Trinajstić information content (AvgIpc) is 2.30. The van der Waals surface area contributed by atoms with Gasteiger partial charge in [-0.25, -0.2) is 0 Å². The SMILES string of the molecule is CC(=O)c1cc[n+](O)c(-c2ccccc2)c1. The second-order valence-electron chi connectivity index (χ2n) is 3.57. The monoisotopic (exact) mass is 214 g/mol. The molecule has 0 unspecified atom stereocenters. The van der Waals surface area contributed by atoms with E-state index in [1.165, 1.54) is 13.1 Å². The lowest BCUT2D eigenvalue weighted by atomic mass is 10.1. The van der Waals surface area contributed by atoms with E-state index in [1.54, 1.807) is 12.1 Å². The van der Waals surface area contributed by atoms with Crippen LogP contribution >= 0.6 is 0 Å². The van der Waals surface area contributed by atoms with Crippen LogP contribution in [0.3, 0.4) is 0 Å². The molecule has 0 aliphatic heterocycles. The molecule has 1 heterocycles. The number of pyridine rings is 1. The second kappa shape index (κ2) is 4.14. The van der Waals surface area contributed by atoms with Crippen LogP contribution < -0.4 is 4.73 Å². The summed E-state index contributed by atoms with van der Waals surface area (Å²) in [7, 11) is 0. The van der Waals surface area contributed by atoms with Gasteiger partial charge in [-0.2, -0.15) is 0 Å². The summed E-state index contributed by atoms with van der Waals surface area (Å²) in [5.74, 6) is -0.0159. The van der Waals surface area contributed by atoms with Crippen molar-refractivity contribution in [2.75, 3.05) is 0 Å². The molecule has 0 aliphatic carbocycles. The molecule has 0 amide bonds. The summed E-state index contributed by atoms with van der Waals surface area (Å²) in [6.07, 6.45) is 1.47. The molecule has 0 bridgehead atoms. The normalized spacial score (nSPS) is 10.1. The minimum atomic E-state index is -0.0159. The Kier molecular flexibility index (Phi) is 2.68. The Balaban J connectivity index is 2.56. The standard InChI is InChI=1S/C13H12NO2/c1-10(15)12-7-8-14(16)13(9-12)11-5-3-2-4-6-11/h2-9,16H,1H3/q+1. The van der Waals surface area contributed by atoms with Crippen LogP contribution in [0.15, 0.2) is 48.7 Å². The van der Waals surface area contributed by atoms with Gasteiger partial charge in [0.25, 0.3) is 5.69 Å². The first-order valence-electron chi connectivity index (χ1n) is 5.00. The van der Waals surface area contributed by atoms with Crippen LogP contribution in [0, 0.1) is 0 Å². The first kappa shape index (κ1) is 10.4. The molecular weight excluding hydrogens is 202 g/mol. The average molecular weight is 214 g/mol. The van der Waals surface area contributed by atoms with E-state index < -0.39 is 0 Å². The number of Topliss-reactive ketones (excluding diaryl/α,β-unsaturated/α-hetero) is 1. The molecule has 3 heteroatoms. The lowest BCUT2D eigenvalue weighted by molar-refractivity contribution is -0.896. The lowest BCUT2D eigenvalue weighted by Gasteiger charge is -1.99. The van der Waals surface area contributed by atoms with E-state index in [2.05, 4.69) is 0 Å². The molecule has 0 spiro atoms. The Labute approximate surface area is 93.6 Å². The quantitative estimate of drug-likeness (QED) is 0.472. The van der Waals surface area contributed by atoms with E-state index in [0.29, 0.717) is 11.3 Å². The maximum Gasteiger partial charge on any atom is 0.265 e. The molecular formula is C13H12NO2+. The molecule has 2 rings (SSSR count). The fourth-order valence-corrected chi connectivity index (χ4v) is 1.54. The van der Waals surface area contributed by atoms with Gasteiger partial charge in [0.05, 0.1) is 5.56 Å². The first-order valence-corrected chi connectivity index (χ1v) is 5.00. The van der Waals surface area contributed by atoms with Gasteiger partial charge in [0.2, 0.25) is 6.20 Å². The van der Waals surface area contributed by atoms with Crippen molar-refractivity contribution in [1.29, 1.82) is 0 Å². The van der Waals surface area contributed by atoms with Gasteiger partial charge in [0.1, 0.15) is 0 Å². The van der Waals surface area contributed by atoms with Gasteiger partial charge in [-0.1, -0.05) is 18.2 Å². The molecule has 0 fully saturated rings. The number of carbonyl (C=O) groups is 1. The first-order chi connectivity index (χ1) is 7.68. The number of ketones is 1. The molecule has 1 aromatic heterocycles. The molecule has 0 radical (unpaired) electrons. The minimum Gasteiger partial charge on any atom is -0.295 e. The van der Waals surface area contributed by atoms with Crippen molar-refractivity contribution in [3.8, 4) is 11.3 Å². The molecule has 1 N–H and O–H groups in total. The van der Waals surface area contributed by atoms with Crippen LogP contribution in [0.25, 0.3) is 11.3 Å². The van der Waals surface area contributed by atoms with Crippen molar-refractivity contribution in [3.63, 3.8) is 0 Å². The largest absolute Gasteiger partial charge is 0.295 e. The van der Waals surface area contributed by atoms with Crippen LogP contribution in [0.5, 0.6) is 0 Å². The summed E-state index contributed by atoms with van der Waals surface area (Å²) in [5.41, 5.74) is 2.06. The van der Waals surface area contributed by atoms with Crippen LogP contribution in [0.4, 0.5) is 0 Å². The zero-order valence-electron chi connectivity index (χ0n) is 8.92. The third-order valence-corrected chi connectivity index (χ3v) is 2.41. The third-order valence-electron chi connectivity index (χ3n) is 2.41. The van der Waals surface area contributed by atoms with Crippen LogP contribution in [0.2, 0.25) is 0 Å². The highest BCUT2D eigenvalue weighted by Gasteiger charge is 2.14. The van der Waals surface area contributed by atoms with Gasteiger partial charge in [-0.05, 0) is 19.1 Å². The van der Waals surface area contributed by atoms with Crippen LogP contribution in [-0.4, -0.2) is 11.0 Å². The van der Waals surface area contributed by atoms with Crippen molar-refractivity contribution < 1.29 is 14.7 Å². The Hall–Kier alpha value is -2.16. The molecule has 16 heavy (non-hydrogen) atoms. The molecule has 0 atom stereocenters. The fraction of sp³-hybridized carbons (Fsp3) is 0.0769. The summed E-state index contributed by atoms with van der Waals surface area (Å²) in [6, 6.07) is 12.7. The molecule has 2 aromatic rings. The maximum atomic E-state index is 11.2. The summed E-state index contributed by atoms with van der Waals surface area (Å²) >= 11 is 0. The Morgan fingerprint density at radius 1 is 1.19 bits per heavy atom. The smallest absolute Gasteiger partial charge is 0.265 e. The molecule has 0 saturated heterocycles. The van der Waals surface area contributed by atoms with Gasteiger partial charge < -0.3 is 0 Å². The molecule has 1 aromatic carbocycles. The van der Waals surface area contributed by atoms with Crippen molar-refractivity contribution in [3.05, 3.63) is 54.2 Å². The number of hydrogen-bond acceptors (Lipinski definition) is 2. The van der Waals surface area contributed by atoms with Crippen molar-refractivity contribution in [1.82, 2.24) is 0 Å². The maximum absolute atomic E-state index is 11.2. The third kappa shape index (κ3) is 1.93. The molecule has 3 nitrogen and oxygen atoms in total. The van der Waals surface area contributed by atoms with E-state index >= 15 is 0 Å². The number of rotatable bonds is 2. The summed E-state index contributed by atoms with van der Waals surface area (Å²) in [5, 5.41) is 9.68. The van der Waals surface area contributed by atoms with Gasteiger partial charge in [0, 0.05) is 22.4 Å². The zero-order chi connectivity index (χ0) is 11.5. The Bertz CT molecular complexity index is 521. The highest BCUT2D eigenvalue weighted by Crippen LogP contribution is 2.15. The number of aromatic nitrogens is 1. The van der Waals surface area contributed by atoms with Gasteiger partial charge in [-0.3, -0.25) is 10.0 Å². The number of nitrogens with zero attached hydrogens (tertiary/aromatic N) is 1. The fourth-order valence-electron chi connectivity index (χ4n) is 1.54. The van der Waals surface area contributed by atoms with E-state index in [1.807, 2.05) is 30.3 Å². The van der Waals surface area contributed by atoms with Gasteiger partial charge in [0.15, 0.2) is 5.78 Å². The molecule has 0 saturated carbocycles. The number of benzene rings is 1. The van der Waals surface area contributed by atoms with E-state index in [4.69, 9.17) is 0 Å². The molecule has 0 aliphatic rings. The van der Waals surface area contributed by atoms with Gasteiger partial charge >= 0.3 is 0 Å². The van der Waals surface area contributed by atoms with Crippen molar-refractivity contribution >= 4 is 5.78 Å². The van der Waals surface area contributed by atoms with Crippen molar-refractivity contribution in [2.45, 2.75) is 6.92 Å². The topological polar surface area (TPSA) is 41.2 Å². The van der Waals surface area contributed by atoms with Crippen LogP contribution in [-0.2, 0) is 0 Å².